The van der Waals surface area contributed by atoms with E-state index < -0.39 is 23.4 Å². The second-order valence-corrected chi connectivity index (χ2v) is 9.93. The number of carbonyl (C=O) groups is 3. The number of ether oxygens (including phenoxy) is 3. The summed E-state index contributed by atoms with van der Waals surface area (Å²) >= 11 is 0. The minimum absolute atomic E-state index is 0.157. The van der Waals surface area contributed by atoms with E-state index in [1.54, 1.807) is 48.5 Å². The zero-order valence-corrected chi connectivity index (χ0v) is 19.6. The van der Waals surface area contributed by atoms with Gasteiger partial charge in [-0.2, -0.15) is 0 Å². The van der Waals surface area contributed by atoms with Gasteiger partial charge in [0.05, 0.1) is 12.6 Å². The van der Waals surface area contributed by atoms with Gasteiger partial charge in [-0.15, -0.1) is 0 Å². The van der Waals surface area contributed by atoms with Gasteiger partial charge < -0.3 is 24.8 Å². The van der Waals surface area contributed by atoms with Gasteiger partial charge in [0.2, 0.25) is 0 Å². The molecule has 0 bridgehead atoms. The molecule has 30 heavy (non-hydrogen) atoms. The van der Waals surface area contributed by atoms with E-state index in [4.69, 9.17) is 14.2 Å². The van der Waals surface area contributed by atoms with E-state index in [0.717, 1.165) is 25.7 Å². The van der Waals surface area contributed by atoms with Crippen LogP contribution in [0, 0.1) is 11.8 Å². The molecule has 0 aromatic rings. The highest BCUT2D eigenvalue weighted by Crippen LogP contribution is 2.33. The van der Waals surface area contributed by atoms with Crippen LogP contribution in [0.15, 0.2) is 0 Å². The maximum Gasteiger partial charge on any atom is 0.407 e. The highest BCUT2D eigenvalue weighted by molar-refractivity contribution is 5.70. The van der Waals surface area contributed by atoms with Crippen molar-refractivity contribution in [3.63, 3.8) is 0 Å². The maximum absolute atomic E-state index is 12.3. The molecule has 0 spiro atoms. The van der Waals surface area contributed by atoms with Gasteiger partial charge in [0, 0.05) is 13.0 Å². The van der Waals surface area contributed by atoms with E-state index in [2.05, 4.69) is 10.6 Å². The Morgan fingerprint density at radius 3 is 1.93 bits per heavy atom. The molecular formula is C22H40N2O6. The van der Waals surface area contributed by atoms with Crippen LogP contribution in [0.3, 0.4) is 0 Å². The summed E-state index contributed by atoms with van der Waals surface area (Å²) in [7, 11) is 0. The van der Waals surface area contributed by atoms with E-state index in [1.165, 1.54) is 0 Å². The third kappa shape index (κ3) is 11.3. The molecule has 1 aliphatic rings. The van der Waals surface area contributed by atoms with Gasteiger partial charge in [0.1, 0.15) is 11.2 Å². The Kier molecular flexibility index (Phi) is 9.91. The number of hydrogen-bond donors (Lipinski definition) is 2. The third-order valence-corrected chi connectivity index (χ3v) is 4.79. The topological polar surface area (TPSA) is 103 Å². The second-order valence-electron chi connectivity index (χ2n) is 9.93. The molecule has 0 saturated heterocycles. The first-order valence-electron chi connectivity index (χ1n) is 10.9. The first-order chi connectivity index (χ1) is 13.8. The quantitative estimate of drug-likeness (QED) is 0.466. The Hall–Kier alpha value is -1.99. The van der Waals surface area contributed by atoms with Crippen molar-refractivity contribution in [2.24, 2.45) is 11.8 Å². The van der Waals surface area contributed by atoms with E-state index in [9.17, 15) is 14.4 Å². The van der Waals surface area contributed by atoms with Crippen LogP contribution in [0.2, 0.25) is 0 Å². The van der Waals surface area contributed by atoms with E-state index >= 15 is 0 Å². The summed E-state index contributed by atoms with van der Waals surface area (Å²) in [5.74, 6) is 0.308. The molecule has 1 unspecified atom stereocenters. The summed E-state index contributed by atoms with van der Waals surface area (Å²) in [6, 6.07) is -0.282. The summed E-state index contributed by atoms with van der Waals surface area (Å²) in [5.41, 5.74) is -1.20. The van der Waals surface area contributed by atoms with Crippen molar-refractivity contribution in [3.8, 4) is 0 Å². The number of hydrogen-bond acceptors (Lipinski definition) is 6. The Morgan fingerprint density at radius 2 is 1.43 bits per heavy atom. The summed E-state index contributed by atoms with van der Waals surface area (Å²) in [6.07, 6.45) is 2.86. The van der Waals surface area contributed by atoms with Crippen molar-refractivity contribution in [2.75, 3.05) is 13.2 Å². The van der Waals surface area contributed by atoms with E-state index in [-0.39, 0.29) is 24.5 Å². The van der Waals surface area contributed by atoms with Crippen molar-refractivity contribution >= 4 is 18.2 Å². The largest absolute Gasteiger partial charge is 0.466 e. The van der Waals surface area contributed by atoms with Gasteiger partial charge in [-0.25, -0.2) is 9.59 Å². The van der Waals surface area contributed by atoms with Crippen LogP contribution in [0.4, 0.5) is 9.59 Å². The van der Waals surface area contributed by atoms with Crippen molar-refractivity contribution in [3.05, 3.63) is 0 Å². The normalized spacial score (nSPS) is 20.6. The summed E-state index contributed by atoms with van der Waals surface area (Å²) in [6.45, 7) is 13.3. The molecule has 174 valence electrons. The molecule has 1 aliphatic carbocycles. The lowest BCUT2D eigenvalue weighted by Crippen LogP contribution is -2.50. The van der Waals surface area contributed by atoms with Crippen LogP contribution in [-0.4, -0.2) is 48.6 Å². The Morgan fingerprint density at radius 1 is 0.900 bits per heavy atom. The minimum Gasteiger partial charge on any atom is -0.466 e. The Balaban J connectivity index is 2.67. The smallest absolute Gasteiger partial charge is 0.407 e. The molecule has 0 aliphatic heterocycles. The van der Waals surface area contributed by atoms with E-state index in [1.807, 2.05) is 0 Å². The second kappa shape index (κ2) is 11.4. The fourth-order valence-corrected chi connectivity index (χ4v) is 3.55. The third-order valence-electron chi connectivity index (χ3n) is 4.79. The number of amides is 2. The van der Waals surface area contributed by atoms with Crippen LogP contribution in [-0.2, 0) is 19.0 Å². The summed E-state index contributed by atoms with van der Waals surface area (Å²) in [5, 5.41) is 5.67. The average Bonchev–Trinajstić information content (AvgIpc) is 2.56. The predicted molar refractivity (Wildman–Crippen MR) is 114 cm³/mol. The van der Waals surface area contributed by atoms with Crippen LogP contribution < -0.4 is 10.6 Å². The van der Waals surface area contributed by atoms with Crippen LogP contribution in [0.1, 0.15) is 80.6 Å². The molecule has 0 heterocycles. The fourth-order valence-electron chi connectivity index (χ4n) is 3.55. The highest BCUT2D eigenvalue weighted by Gasteiger charge is 2.31. The molecule has 1 rings (SSSR count). The first-order valence-corrected chi connectivity index (χ1v) is 10.9. The average molecular weight is 429 g/mol. The molecule has 1 saturated carbocycles. The van der Waals surface area contributed by atoms with Crippen LogP contribution >= 0.6 is 0 Å². The molecule has 2 N–H and O–H groups in total. The van der Waals surface area contributed by atoms with Gasteiger partial charge in [-0.1, -0.05) is 0 Å². The first kappa shape index (κ1) is 26.0. The fraction of sp³-hybridized carbons (Fsp3) is 0.864. The summed E-state index contributed by atoms with van der Waals surface area (Å²) in [4.78, 5) is 36.1. The van der Waals surface area contributed by atoms with Gasteiger partial charge in [-0.3, -0.25) is 4.79 Å². The highest BCUT2D eigenvalue weighted by atomic mass is 16.6. The zero-order chi connectivity index (χ0) is 22.9. The lowest BCUT2D eigenvalue weighted by molar-refractivity contribution is -0.144. The molecular weight excluding hydrogens is 388 g/mol. The van der Waals surface area contributed by atoms with Crippen molar-refractivity contribution < 1.29 is 28.6 Å². The van der Waals surface area contributed by atoms with Crippen LogP contribution in [0.25, 0.3) is 0 Å². The number of nitrogens with one attached hydrogen (secondary N) is 2. The van der Waals surface area contributed by atoms with Crippen molar-refractivity contribution in [1.82, 2.24) is 10.6 Å². The monoisotopic (exact) mass is 428 g/mol. The van der Waals surface area contributed by atoms with Gasteiger partial charge >= 0.3 is 18.2 Å². The summed E-state index contributed by atoms with van der Waals surface area (Å²) < 4.78 is 15.7. The molecule has 0 aromatic heterocycles. The van der Waals surface area contributed by atoms with Crippen molar-refractivity contribution in [1.29, 1.82) is 0 Å². The Bertz CT molecular complexity index is 571. The minimum atomic E-state index is -0.607. The molecule has 1 fully saturated rings. The SMILES string of the molecule is CCOC(=O)CC1CCC(C(CNC(=O)OC(C)(C)C)NC(=O)OC(C)(C)C)CC1. The zero-order valence-electron chi connectivity index (χ0n) is 19.6. The number of esters is 1. The molecule has 1 atom stereocenters. The molecule has 0 aromatic carbocycles. The lowest BCUT2D eigenvalue weighted by atomic mass is 9.77. The van der Waals surface area contributed by atoms with Gasteiger partial charge in [0.15, 0.2) is 0 Å². The van der Waals surface area contributed by atoms with Crippen molar-refractivity contribution in [2.45, 2.75) is 97.8 Å². The number of carbonyl (C=O) groups excluding carboxylic acids is 3. The predicted octanol–water partition coefficient (Wildman–Crippen LogP) is 4.16. The van der Waals surface area contributed by atoms with E-state index in [0.29, 0.717) is 18.9 Å². The van der Waals surface area contributed by atoms with Crippen LogP contribution in [0.5, 0.6) is 0 Å². The molecule has 8 nitrogen and oxygen atoms in total. The lowest BCUT2D eigenvalue weighted by Gasteiger charge is -2.34. The number of alkyl carbamates (subject to hydrolysis) is 2. The molecule has 0 radical (unpaired) electrons. The molecule has 8 heteroatoms. The molecule has 2 amide bonds. The van der Waals surface area contributed by atoms with Gasteiger partial charge in [0.25, 0.3) is 0 Å². The maximum atomic E-state index is 12.3. The Labute approximate surface area is 180 Å². The standard InChI is InChI=1S/C22H40N2O6/c1-8-28-18(25)13-15-9-11-16(12-10-15)17(24-20(27)30-22(5,6)7)14-23-19(26)29-21(2,3)4/h15-17H,8-14H2,1-7H3,(H,23,26)(H,24,27). The number of rotatable bonds is 7. The van der Waals surface area contributed by atoms with Gasteiger partial charge in [-0.05, 0) is 86.0 Å².